The zero-order valence-electron chi connectivity index (χ0n) is 13.3. The Kier molecular flexibility index (Phi) is 4.41. The van der Waals surface area contributed by atoms with Gasteiger partial charge in [0.25, 0.3) is 0 Å². The quantitative estimate of drug-likeness (QED) is 0.817. The molecule has 0 saturated heterocycles. The van der Waals surface area contributed by atoms with E-state index in [1.165, 1.54) is 17.5 Å². The first-order chi connectivity index (χ1) is 11.0. The maximum absolute atomic E-state index is 12.2. The van der Waals surface area contributed by atoms with Gasteiger partial charge >= 0.3 is 0 Å². The van der Waals surface area contributed by atoms with Gasteiger partial charge < -0.3 is 9.26 Å². The van der Waals surface area contributed by atoms with Crippen LogP contribution in [-0.4, -0.2) is 26.7 Å². The maximum Gasteiger partial charge on any atom is 0.246 e. The lowest BCUT2D eigenvalue weighted by Crippen LogP contribution is -2.29. The summed E-state index contributed by atoms with van der Waals surface area (Å²) in [6.07, 6.45) is 3.41. The van der Waals surface area contributed by atoms with Crippen LogP contribution in [0.5, 0.6) is 5.75 Å². The minimum absolute atomic E-state index is 0.107. The number of sulfonamides is 1. The van der Waals surface area contributed by atoms with Gasteiger partial charge in [-0.3, -0.25) is 0 Å². The fourth-order valence-corrected chi connectivity index (χ4v) is 4.25. The molecule has 1 aromatic carbocycles. The molecule has 7 heteroatoms. The smallest absolute Gasteiger partial charge is 0.246 e. The molecule has 0 amide bonds. The minimum Gasteiger partial charge on any atom is -0.492 e. The predicted octanol–water partition coefficient (Wildman–Crippen LogP) is 2.14. The summed E-state index contributed by atoms with van der Waals surface area (Å²) >= 11 is 0. The number of hydrogen-bond acceptors (Lipinski definition) is 5. The van der Waals surface area contributed by atoms with Crippen molar-refractivity contribution in [1.82, 2.24) is 9.88 Å². The van der Waals surface area contributed by atoms with Crippen LogP contribution in [0.1, 0.15) is 29.0 Å². The summed E-state index contributed by atoms with van der Waals surface area (Å²) < 4.78 is 37.5. The van der Waals surface area contributed by atoms with Crippen LogP contribution in [0.2, 0.25) is 0 Å². The largest absolute Gasteiger partial charge is 0.492 e. The molecule has 2 aromatic rings. The standard InChI is InChI=1S/C16H20N2O4S/c1-11-16(12(2)22-18-11)23(19,20)17-8-9-21-15-7-6-13-4-3-5-14(13)10-15/h6-7,10,17H,3-5,8-9H2,1-2H3. The normalized spacial score (nSPS) is 14.0. The van der Waals surface area contributed by atoms with Gasteiger partial charge in [0.1, 0.15) is 22.9 Å². The van der Waals surface area contributed by atoms with Gasteiger partial charge in [0.2, 0.25) is 10.0 Å². The number of hydrogen-bond donors (Lipinski definition) is 1. The molecular weight excluding hydrogens is 316 g/mol. The summed E-state index contributed by atoms with van der Waals surface area (Å²) in [6, 6.07) is 6.07. The van der Waals surface area contributed by atoms with Crippen LogP contribution in [0.25, 0.3) is 0 Å². The molecule has 1 N–H and O–H groups in total. The highest BCUT2D eigenvalue weighted by atomic mass is 32.2. The fourth-order valence-electron chi connectivity index (χ4n) is 2.91. The molecule has 0 aliphatic heterocycles. The Hall–Kier alpha value is -1.86. The Morgan fingerprint density at radius 3 is 2.78 bits per heavy atom. The van der Waals surface area contributed by atoms with E-state index in [-0.39, 0.29) is 23.8 Å². The van der Waals surface area contributed by atoms with Gasteiger partial charge in [-0.1, -0.05) is 11.2 Å². The van der Waals surface area contributed by atoms with E-state index < -0.39 is 10.0 Å². The lowest BCUT2D eigenvalue weighted by molar-refractivity contribution is 0.322. The number of benzene rings is 1. The number of rotatable bonds is 6. The second-order valence-electron chi connectivity index (χ2n) is 5.68. The number of aryl methyl sites for hydroxylation is 4. The Bertz CT molecular complexity index is 792. The third kappa shape index (κ3) is 3.40. The molecule has 0 fully saturated rings. The van der Waals surface area contributed by atoms with Crippen molar-refractivity contribution < 1.29 is 17.7 Å². The molecule has 6 nitrogen and oxygen atoms in total. The van der Waals surface area contributed by atoms with Crippen molar-refractivity contribution in [3.63, 3.8) is 0 Å². The van der Waals surface area contributed by atoms with Gasteiger partial charge in [-0.25, -0.2) is 13.1 Å². The first kappa shape index (κ1) is 16.0. The zero-order valence-corrected chi connectivity index (χ0v) is 14.1. The lowest BCUT2D eigenvalue weighted by Gasteiger charge is -2.09. The molecule has 0 atom stereocenters. The summed E-state index contributed by atoms with van der Waals surface area (Å²) in [5.74, 6) is 1.07. The molecule has 1 aliphatic rings. The van der Waals surface area contributed by atoms with Gasteiger partial charge in [-0.2, -0.15) is 0 Å². The summed E-state index contributed by atoms with van der Waals surface area (Å²) in [4.78, 5) is 0.107. The van der Waals surface area contributed by atoms with E-state index in [4.69, 9.17) is 9.26 Å². The first-order valence-corrected chi connectivity index (χ1v) is 9.13. The third-order valence-corrected chi connectivity index (χ3v) is 5.67. The summed E-state index contributed by atoms with van der Waals surface area (Å²) in [6.45, 7) is 3.63. The van der Waals surface area contributed by atoms with Crippen molar-refractivity contribution in [3.8, 4) is 5.75 Å². The Morgan fingerprint density at radius 1 is 1.26 bits per heavy atom. The van der Waals surface area contributed by atoms with Crippen molar-refractivity contribution in [3.05, 3.63) is 40.8 Å². The van der Waals surface area contributed by atoms with Crippen molar-refractivity contribution in [2.45, 2.75) is 38.0 Å². The van der Waals surface area contributed by atoms with E-state index >= 15 is 0 Å². The van der Waals surface area contributed by atoms with Gasteiger partial charge in [0.05, 0.1) is 0 Å². The zero-order chi connectivity index (χ0) is 16.4. The molecule has 124 valence electrons. The number of ether oxygens (including phenoxy) is 1. The van der Waals surface area contributed by atoms with Crippen molar-refractivity contribution in [2.24, 2.45) is 0 Å². The van der Waals surface area contributed by atoms with E-state index in [1.807, 2.05) is 12.1 Å². The van der Waals surface area contributed by atoms with E-state index in [2.05, 4.69) is 15.9 Å². The number of aromatic nitrogens is 1. The Morgan fingerprint density at radius 2 is 2.04 bits per heavy atom. The molecule has 1 aromatic heterocycles. The minimum atomic E-state index is -3.63. The predicted molar refractivity (Wildman–Crippen MR) is 85.1 cm³/mol. The molecule has 0 saturated carbocycles. The fraction of sp³-hybridized carbons (Fsp3) is 0.438. The summed E-state index contributed by atoms with van der Waals surface area (Å²) in [7, 11) is -3.63. The van der Waals surface area contributed by atoms with Crippen molar-refractivity contribution in [2.75, 3.05) is 13.2 Å². The van der Waals surface area contributed by atoms with Gasteiger partial charge in [0, 0.05) is 6.54 Å². The van der Waals surface area contributed by atoms with Crippen LogP contribution in [0.15, 0.2) is 27.6 Å². The molecule has 1 heterocycles. The van der Waals surface area contributed by atoms with Gasteiger partial charge in [-0.05, 0) is 56.4 Å². The van der Waals surface area contributed by atoms with Crippen LogP contribution >= 0.6 is 0 Å². The number of nitrogens with zero attached hydrogens (tertiary/aromatic N) is 1. The molecule has 0 bridgehead atoms. The van der Waals surface area contributed by atoms with E-state index in [0.717, 1.165) is 18.6 Å². The number of nitrogens with one attached hydrogen (secondary N) is 1. The first-order valence-electron chi connectivity index (χ1n) is 7.64. The van der Waals surface area contributed by atoms with Gasteiger partial charge in [0.15, 0.2) is 5.76 Å². The van der Waals surface area contributed by atoms with E-state index in [0.29, 0.717) is 5.69 Å². The van der Waals surface area contributed by atoms with Crippen LogP contribution < -0.4 is 9.46 Å². The Balaban J connectivity index is 1.55. The maximum atomic E-state index is 12.2. The second-order valence-corrected chi connectivity index (χ2v) is 7.39. The van der Waals surface area contributed by atoms with E-state index in [1.54, 1.807) is 13.8 Å². The molecular formula is C16H20N2O4S. The topological polar surface area (TPSA) is 81.4 Å². The average molecular weight is 336 g/mol. The SMILES string of the molecule is Cc1noc(C)c1S(=O)(=O)NCCOc1ccc2c(c1)CCC2. The van der Waals surface area contributed by atoms with Gasteiger partial charge in [-0.15, -0.1) is 0 Å². The summed E-state index contributed by atoms with van der Waals surface area (Å²) in [5, 5.41) is 3.67. The molecule has 23 heavy (non-hydrogen) atoms. The van der Waals surface area contributed by atoms with E-state index in [9.17, 15) is 8.42 Å². The van der Waals surface area contributed by atoms with Crippen LogP contribution in [0, 0.1) is 13.8 Å². The molecule has 1 aliphatic carbocycles. The lowest BCUT2D eigenvalue weighted by atomic mass is 10.1. The Labute approximate surface area is 135 Å². The highest BCUT2D eigenvalue weighted by Gasteiger charge is 2.23. The summed E-state index contributed by atoms with van der Waals surface area (Å²) in [5.41, 5.74) is 3.07. The number of fused-ring (bicyclic) bond motifs is 1. The average Bonchev–Trinajstić information content (AvgIpc) is 3.09. The second kappa shape index (κ2) is 6.33. The highest BCUT2D eigenvalue weighted by molar-refractivity contribution is 7.89. The van der Waals surface area contributed by atoms with Crippen molar-refractivity contribution >= 4 is 10.0 Å². The molecule has 3 rings (SSSR count). The van der Waals surface area contributed by atoms with Crippen LogP contribution in [-0.2, 0) is 22.9 Å². The molecule has 0 unspecified atom stereocenters. The molecule has 0 spiro atoms. The monoisotopic (exact) mass is 336 g/mol. The molecule has 0 radical (unpaired) electrons. The van der Waals surface area contributed by atoms with Crippen LogP contribution in [0.4, 0.5) is 0 Å². The highest BCUT2D eigenvalue weighted by Crippen LogP contribution is 2.26. The van der Waals surface area contributed by atoms with Crippen molar-refractivity contribution in [1.29, 1.82) is 0 Å². The van der Waals surface area contributed by atoms with Crippen LogP contribution in [0.3, 0.4) is 0 Å². The third-order valence-electron chi connectivity index (χ3n) is 3.97.